The lowest BCUT2D eigenvalue weighted by atomic mass is 10.1. The first kappa shape index (κ1) is 21.8. The summed E-state index contributed by atoms with van der Waals surface area (Å²) in [6.07, 6.45) is 7.63. The molecular weight excluding hydrogens is 440 g/mol. The lowest BCUT2D eigenvalue weighted by Gasteiger charge is -2.35. The van der Waals surface area contributed by atoms with E-state index in [9.17, 15) is 8.42 Å². The van der Waals surface area contributed by atoms with Gasteiger partial charge >= 0.3 is 0 Å². The van der Waals surface area contributed by atoms with Crippen molar-refractivity contribution in [3.63, 3.8) is 0 Å². The number of anilines is 1. The van der Waals surface area contributed by atoms with Crippen molar-refractivity contribution in [3.8, 4) is 0 Å². The summed E-state index contributed by atoms with van der Waals surface area (Å²) in [5, 5.41) is 1.20. The number of hydrogen-bond donors (Lipinski definition) is 0. The normalized spacial score (nSPS) is 18.0. The number of aromatic nitrogens is 2. The van der Waals surface area contributed by atoms with Gasteiger partial charge in [0.2, 0.25) is 10.0 Å². The Morgan fingerprint density at radius 2 is 1.59 bits per heavy atom. The molecule has 3 aromatic rings. The molecule has 0 N–H and O–H groups in total. The van der Waals surface area contributed by atoms with Gasteiger partial charge in [-0.25, -0.2) is 18.4 Å². The number of benzene rings is 1. The van der Waals surface area contributed by atoms with E-state index in [0.29, 0.717) is 31.1 Å². The molecule has 2 aromatic heterocycles. The van der Waals surface area contributed by atoms with Crippen LogP contribution in [0.1, 0.15) is 46.4 Å². The van der Waals surface area contributed by atoms with E-state index in [1.165, 1.54) is 35.1 Å². The predicted octanol–water partition coefficient (Wildman–Crippen LogP) is 4.40. The molecule has 0 bridgehead atoms. The van der Waals surface area contributed by atoms with E-state index in [1.54, 1.807) is 10.6 Å². The quantitative estimate of drug-likeness (QED) is 0.531. The maximum absolute atomic E-state index is 13.5. The molecule has 0 spiro atoms. The van der Waals surface area contributed by atoms with Gasteiger partial charge in [-0.2, -0.15) is 4.31 Å². The average molecular weight is 471 g/mol. The standard InChI is InChI=1S/C24H30N4O2S2/c1-16-13-17(2)22(18(3)14-16)32(29,30)28-11-9-27(10-12-28)23-21-19-7-5-4-6-8-20(19)31-24(21)26-15-25-23/h13-15H,4-12H2,1-3H3. The number of nitrogens with zero attached hydrogens (tertiary/aromatic N) is 4. The van der Waals surface area contributed by atoms with Crippen molar-refractivity contribution in [2.24, 2.45) is 0 Å². The van der Waals surface area contributed by atoms with E-state index in [2.05, 4.69) is 14.9 Å². The summed E-state index contributed by atoms with van der Waals surface area (Å²) in [4.78, 5) is 14.5. The van der Waals surface area contributed by atoms with Gasteiger partial charge in [0.1, 0.15) is 17.0 Å². The van der Waals surface area contributed by atoms with E-state index < -0.39 is 10.0 Å². The van der Waals surface area contributed by atoms with E-state index >= 15 is 0 Å². The number of piperazine rings is 1. The molecule has 2 aliphatic rings. The molecule has 170 valence electrons. The van der Waals surface area contributed by atoms with Crippen LogP contribution in [0.2, 0.25) is 0 Å². The first-order valence-corrected chi connectivity index (χ1v) is 13.7. The van der Waals surface area contributed by atoms with Gasteiger partial charge in [0.25, 0.3) is 0 Å². The Balaban J connectivity index is 1.42. The molecule has 0 atom stereocenters. The Bertz CT molecular complexity index is 1250. The highest BCUT2D eigenvalue weighted by atomic mass is 32.2. The van der Waals surface area contributed by atoms with Gasteiger partial charge in [-0.3, -0.25) is 0 Å². The topological polar surface area (TPSA) is 66.4 Å². The van der Waals surface area contributed by atoms with Crippen LogP contribution in [0.4, 0.5) is 5.82 Å². The minimum absolute atomic E-state index is 0.462. The van der Waals surface area contributed by atoms with Crippen molar-refractivity contribution < 1.29 is 8.42 Å². The monoisotopic (exact) mass is 470 g/mol. The summed E-state index contributed by atoms with van der Waals surface area (Å²) < 4.78 is 28.6. The molecular formula is C24H30N4O2S2. The van der Waals surface area contributed by atoms with Crippen LogP contribution in [0.15, 0.2) is 23.4 Å². The molecule has 0 amide bonds. The molecule has 8 heteroatoms. The van der Waals surface area contributed by atoms with Crippen molar-refractivity contribution in [2.75, 3.05) is 31.1 Å². The maximum atomic E-state index is 13.5. The summed E-state index contributed by atoms with van der Waals surface area (Å²) in [5.41, 5.74) is 4.16. The first-order valence-electron chi connectivity index (χ1n) is 11.4. The number of aryl methyl sites for hydroxylation is 5. The zero-order chi connectivity index (χ0) is 22.5. The molecule has 0 saturated carbocycles. The lowest BCUT2D eigenvalue weighted by molar-refractivity contribution is 0.383. The molecule has 1 fully saturated rings. The van der Waals surface area contributed by atoms with Crippen LogP contribution in [-0.4, -0.2) is 48.9 Å². The second kappa shape index (κ2) is 8.39. The van der Waals surface area contributed by atoms with Gasteiger partial charge in [0.15, 0.2) is 0 Å². The Morgan fingerprint density at radius 1 is 0.906 bits per heavy atom. The van der Waals surface area contributed by atoms with Crippen molar-refractivity contribution in [3.05, 3.63) is 45.6 Å². The Labute approximate surface area is 194 Å². The van der Waals surface area contributed by atoms with Crippen LogP contribution in [-0.2, 0) is 22.9 Å². The van der Waals surface area contributed by atoms with E-state index in [4.69, 9.17) is 0 Å². The molecule has 3 heterocycles. The summed E-state index contributed by atoms with van der Waals surface area (Å²) >= 11 is 1.81. The predicted molar refractivity (Wildman–Crippen MR) is 130 cm³/mol. The summed E-state index contributed by atoms with van der Waals surface area (Å²) in [5.74, 6) is 0.981. The molecule has 5 rings (SSSR count). The second-order valence-corrected chi connectivity index (χ2v) is 12.0. The van der Waals surface area contributed by atoms with Crippen molar-refractivity contribution in [1.29, 1.82) is 0 Å². The fraction of sp³-hybridized carbons (Fsp3) is 0.500. The van der Waals surface area contributed by atoms with E-state index in [0.717, 1.165) is 40.2 Å². The van der Waals surface area contributed by atoms with Gasteiger partial charge in [0, 0.05) is 31.1 Å². The van der Waals surface area contributed by atoms with Gasteiger partial charge in [0.05, 0.1) is 10.3 Å². The van der Waals surface area contributed by atoms with Crippen LogP contribution in [0.25, 0.3) is 10.2 Å². The largest absolute Gasteiger partial charge is 0.353 e. The zero-order valence-corrected chi connectivity index (χ0v) is 20.7. The van der Waals surface area contributed by atoms with Crippen molar-refractivity contribution in [1.82, 2.24) is 14.3 Å². The van der Waals surface area contributed by atoms with Crippen molar-refractivity contribution in [2.45, 2.75) is 57.8 Å². The van der Waals surface area contributed by atoms with Crippen LogP contribution in [0, 0.1) is 20.8 Å². The fourth-order valence-electron chi connectivity index (χ4n) is 5.33. The number of hydrogen-bond acceptors (Lipinski definition) is 6. The highest BCUT2D eigenvalue weighted by molar-refractivity contribution is 7.89. The summed E-state index contributed by atoms with van der Waals surface area (Å²) in [6.45, 7) is 7.99. The van der Waals surface area contributed by atoms with Gasteiger partial charge in [-0.15, -0.1) is 11.3 Å². The highest BCUT2D eigenvalue weighted by Crippen LogP contribution is 2.39. The second-order valence-electron chi connectivity index (χ2n) is 9.06. The number of fused-ring (bicyclic) bond motifs is 3. The zero-order valence-electron chi connectivity index (χ0n) is 19.0. The molecule has 1 saturated heterocycles. The van der Waals surface area contributed by atoms with Crippen LogP contribution in [0.3, 0.4) is 0 Å². The smallest absolute Gasteiger partial charge is 0.243 e. The molecule has 1 aromatic carbocycles. The fourth-order valence-corrected chi connectivity index (χ4v) is 8.39. The molecule has 1 aliphatic heterocycles. The third kappa shape index (κ3) is 3.72. The number of sulfonamides is 1. The van der Waals surface area contributed by atoms with Gasteiger partial charge in [-0.1, -0.05) is 24.1 Å². The summed E-state index contributed by atoms with van der Waals surface area (Å²) in [6, 6.07) is 3.91. The molecule has 0 unspecified atom stereocenters. The molecule has 0 radical (unpaired) electrons. The first-order chi connectivity index (χ1) is 15.4. The van der Waals surface area contributed by atoms with Crippen LogP contribution >= 0.6 is 11.3 Å². The van der Waals surface area contributed by atoms with E-state index in [1.807, 2.05) is 44.2 Å². The molecule has 6 nitrogen and oxygen atoms in total. The third-order valence-electron chi connectivity index (χ3n) is 6.72. The highest BCUT2D eigenvalue weighted by Gasteiger charge is 2.32. The third-order valence-corrected chi connectivity index (χ3v) is 10.1. The summed E-state index contributed by atoms with van der Waals surface area (Å²) in [7, 11) is -3.52. The van der Waals surface area contributed by atoms with Gasteiger partial charge in [-0.05, 0) is 63.1 Å². The van der Waals surface area contributed by atoms with Crippen LogP contribution in [0.5, 0.6) is 0 Å². The maximum Gasteiger partial charge on any atom is 0.243 e. The molecule has 32 heavy (non-hydrogen) atoms. The minimum Gasteiger partial charge on any atom is -0.353 e. The van der Waals surface area contributed by atoms with Gasteiger partial charge < -0.3 is 4.90 Å². The number of thiophene rings is 1. The minimum atomic E-state index is -3.52. The van der Waals surface area contributed by atoms with Crippen molar-refractivity contribution >= 4 is 37.4 Å². The average Bonchev–Trinajstić information content (AvgIpc) is 2.94. The Kier molecular flexibility index (Phi) is 5.72. The Morgan fingerprint density at radius 3 is 2.31 bits per heavy atom. The number of rotatable bonds is 3. The van der Waals surface area contributed by atoms with E-state index in [-0.39, 0.29) is 0 Å². The SMILES string of the molecule is Cc1cc(C)c(S(=O)(=O)N2CCN(c3ncnc4sc5c(c34)CCCCC5)CC2)c(C)c1. The molecule has 1 aliphatic carbocycles. The lowest BCUT2D eigenvalue weighted by Crippen LogP contribution is -2.49. The van der Waals surface area contributed by atoms with Crippen LogP contribution < -0.4 is 4.90 Å². The Hall–Kier alpha value is -2.03.